The first-order valence-electron chi connectivity index (χ1n) is 4.19. The van der Waals surface area contributed by atoms with E-state index in [0.717, 1.165) is 4.88 Å². The van der Waals surface area contributed by atoms with Crippen LogP contribution in [0.3, 0.4) is 0 Å². The molecule has 4 nitrogen and oxygen atoms in total. The Morgan fingerprint density at radius 2 is 2.43 bits per heavy atom. The summed E-state index contributed by atoms with van der Waals surface area (Å²) < 4.78 is 4.89. The third-order valence-electron chi connectivity index (χ3n) is 2.00. The van der Waals surface area contributed by atoms with Crippen LogP contribution in [-0.2, 0) is 14.3 Å². The maximum Gasteiger partial charge on any atom is 0.303 e. The fraction of sp³-hybridized carbons (Fsp3) is 0.333. The molecule has 1 amide bonds. The van der Waals surface area contributed by atoms with Gasteiger partial charge in [-0.1, -0.05) is 6.07 Å². The van der Waals surface area contributed by atoms with Crippen molar-refractivity contribution in [3.05, 3.63) is 22.4 Å². The molecule has 1 aliphatic rings. The molecule has 0 spiro atoms. The highest BCUT2D eigenvalue weighted by Crippen LogP contribution is 2.30. The van der Waals surface area contributed by atoms with Gasteiger partial charge in [-0.05, 0) is 11.4 Å². The highest BCUT2D eigenvalue weighted by atomic mass is 32.1. The lowest BCUT2D eigenvalue weighted by atomic mass is 10.0. The summed E-state index contributed by atoms with van der Waals surface area (Å²) in [6, 6.07) is 3.65. The monoisotopic (exact) mass is 211 g/mol. The third-order valence-corrected chi connectivity index (χ3v) is 2.96. The average molecular weight is 211 g/mol. The van der Waals surface area contributed by atoms with Gasteiger partial charge in [-0.25, -0.2) is 0 Å². The zero-order valence-electron chi connectivity index (χ0n) is 7.52. The van der Waals surface area contributed by atoms with Crippen molar-refractivity contribution in [1.82, 2.24) is 5.32 Å². The predicted octanol–water partition coefficient (Wildman–Crippen LogP) is 0.851. The number of carbonyl (C=O) groups excluding carboxylic acids is 2. The first-order chi connectivity index (χ1) is 6.68. The second kappa shape index (κ2) is 3.42. The Morgan fingerprint density at radius 1 is 1.64 bits per heavy atom. The van der Waals surface area contributed by atoms with E-state index in [1.54, 1.807) is 0 Å². The minimum atomic E-state index is -0.647. The van der Waals surface area contributed by atoms with Crippen molar-refractivity contribution in [2.24, 2.45) is 0 Å². The number of hydrogen-bond donors (Lipinski definition) is 1. The first kappa shape index (κ1) is 9.21. The Labute approximate surface area is 84.9 Å². The topological polar surface area (TPSA) is 55.4 Å². The van der Waals surface area contributed by atoms with E-state index in [0.29, 0.717) is 0 Å². The molecule has 1 saturated heterocycles. The van der Waals surface area contributed by atoms with E-state index < -0.39 is 12.1 Å². The summed E-state index contributed by atoms with van der Waals surface area (Å²) in [6.07, 6.45) is -0.647. The Hall–Kier alpha value is -1.36. The lowest BCUT2D eigenvalue weighted by Gasteiger charge is -2.34. The molecule has 0 saturated carbocycles. The van der Waals surface area contributed by atoms with Gasteiger partial charge in [0.05, 0.1) is 0 Å². The van der Waals surface area contributed by atoms with Crippen molar-refractivity contribution in [3.8, 4) is 0 Å². The largest absolute Gasteiger partial charge is 0.450 e. The smallest absolute Gasteiger partial charge is 0.303 e. The number of nitrogens with one attached hydrogen (secondary N) is 1. The average Bonchev–Trinajstić information content (AvgIpc) is 2.62. The molecule has 0 aliphatic carbocycles. The number of thiophene rings is 1. The highest BCUT2D eigenvalue weighted by Gasteiger charge is 2.43. The van der Waals surface area contributed by atoms with Crippen molar-refractivity contribution >= 4 is 23.2 Å². The molecule has 2 rings (SSSR count). The van der Waals surface area contributed by atoms with Crippen molar-refractivity contribution in [3.63, 3.8) is 0 Å². The lowest BCUT2D eigenvalue weighted by molar-refractivity contribution is -0.164. The fourth-order valence-electron chi connectivity index (χ4n) is 1.36. The molecule has 0 radical (unpaired) electrons. The summed E-state index contributed by atoms with van der Waals surface area (Å²) in [5.41, 5.74) is 0. The Balaban J connectivity index is 2.08. The number of esters is 1. The molecule has 0 unspecified atom stereocenters. The van der Waals surface area contributed by atoms with Crippen molar-refractivity contribution in [1.29, 1.82) is 0 Å². The Morgan fingerprint density at radius 3 is 2.93 bits per heavy atom. The van der Waals surface area contributed by atoms with Gasteiger partial charge in [0, 0.05) is 11.8 Å². The van der Waals surface area contributed by atoms with E-state index >= 15 is 0 Å². The van der Waals surface area contributed by atoms with Crippen LogP contribution in [0, 0.1) is 0 Å². The molecular weight excluding hydrogens is 202 g/mol. The molecule has 5 heteroatoms. The van der Waals surface area contributed by atoms with Crippen LogP contribution in [0.4, 0.5) is 0 Å². The van der Waals surface area contributed by atoms with E-state index in [2.05, 4.69) is 5.32 Å². The highest BCUT2D eigenvalue weighted by molar-refractivity contribution is 7.10. The summed E-state index contributed by atoms with van der Waals surface area (Å²) >= 11 is 1.53. The predicted molar refractivity (Wildman–Crippen MR) is 50.8 cm³/mol. The molecule has 1 aromatic heterocycles. The van der Waals surface area contributed by atoms with E-state index in [1.165, 1.54) is 18.3 Å². The molecule has 1 aromatic rings. The van der Waals surface area contributed by atoms with Crippen LogP contribution in [0.1, 0.15) is 17.8 Å². The first-order valence-corrected chi connectivity index (χ1v) is 5.07. The number of hydrogen-bond acceptors (Lipinski definition) is 4. The van der Waals surface area contributed by atoms with Gasteiger partial charge >= 0.3 is 5.97 Å². The molecule has 2 atom stereocenters. The summed E-state index contributed by atoms with van der Waals surface area (Å²) in [5.74, 6) is -0.648. The van der Waals surface area contributed by atoms with Crippen LogP contribution in [0.15, 0.2) is 17.5 Å². The molecule has 0 aromatic carbocycles. The minimum Gasteiger partial charge on any atom is -0.450 e. The quantitative estimate of drug-likeness (QED) is 0.583. The van der Waals surface area contributed by atoms with Gasteiger partial charge in [0.15, 0.2) is 0 Å². The molecule has 1 aliphatic heterocycles. The van der Waals surface area contributed by atoms with E-state index in [1.807, 2.05) is 17.5 Å². The van der Waals surface area contributed by atoms with E-state index in [4.69, 9.17) is 4.74 Å². The Kier molecular flexibility index (Phi) is 2.25. The normalized spacial score (nSPS) is 25.1. The Bertz CT molecular complexity index is 360. The molecule has 2 heterocycles. The second-order valence-corrected chi connectivity index (χ2v) is 4.01. The van der Waals surface area contributed by atoms with Gasteiger partial charge in [-0.15, -0.1) is 11.3 Å². The van der Waals surface area contributed by atoms with Gasteiger partial charge in [0.2, 0.25) is 6.10 Å². The number of carbonyl (C=O) groups is 2. The molecule has 14 heavy (non-hydrogen) atoms. The molecular formula is C9H9NO3S. The van der Waals surface area contributed by atoms with Crippen LogP contribution < -0.4 is 5.32 Å². The van der Waals surface area contributed by atoms with E-state index in [-0.39, 0.29) is 11.9 Å². The van der Waals surface area contributed by atoms with Gasteiger partial charge in [0.25, 0.3) is 5.91 Å². The van der Waals surface area contributed by atoms with Gasteiger partial charge in [0.1, 0.15) is 6.04 Å². The second-order valence-electron chi connectivity index (χ2n) is 3.03. The summed E-state index contributed by atoms with van der Waals surface area (Å²) in [4.78, 5) is 22.8. The van der Waals surface area contributed by atoms with Crippen LogP contribution in [0.2, 0.25) is 0 Å². The van der Waals surface area contributed by atoms with Crippen LogP contribution in [0.25, 0.3) is 0 Å². The summed E-state index contributed by atoms with van der Waals surface area (Å²) in [6.45, 7) is 1.30. The number of amides is 1. The molecule has 74 valence electrons. The van der Waals surface area contributed by atoms with Crippen LogP contribution in [0.5, 0.6) is 0 Å². The van der Waals surface area contributed by atoms with Crippen molar-refractivity contribution in [2.75, 3.05) is 0 Å². The SMILES string of the molecule is CC(=O)O[C@H]1C(=O)N[C@H]1c1cccs1. The van der Waals surface area contributed by atoms with Crippen LogP contribution in [-0.4, -0.2) is 18.0 Å². The standard InChI is InChI=1S/C9H9NO3S/c1-5(11)13-8-7(10-9(8)12)6-3-2-4-14-6/h2-4,7-8H,1H3,(H,10,12)/t7-,8+/m0/s1. The zero-order valence-corrected chi connectivity index (χ0v) is 8.34. The maximum atomic E-state index is 11.1. The minimum absolute atomic E-state index is 0.161. The summed E-state index contributed by atoms with van der Waals surface area (Å²) in [7, 11) is 0. The fourth-order valence-corrected chi connectivity index (χ4v) is 2.16. The summed E-state index contributed by atoms with van der Waals surface area (Å²) in [5, 5.41) is 4.62. The number of ether oxygens (including phenoxy) is 1. The number of β-lactam (4-membered cyclic amide) rings is 1. The van der Waals surface area contributed by atoms with Crippen molar-refractivity contribution < 1.29 is 14.3 Å². The molecule has 0 bridgehead atoms. The van der Waals surface area contributed by atoms with E-state index in [9.17, 15) is 9.59 Å². The molecule has 1 N–H and O–H groups in total. The van der Waals surface area contributed by atoms with Gasteiger partial charge in [-0.3, -0.25) is 9.59 Å². The zero-order chi connectivity index (χ0) is 10.1. The maximum absolute atomic E-state index is 11.1. The van der Waals surface area contributed by atoms with Crippen LogP contribution >= 0.6 is 11.3 Å². The van der Waals surface area contributed by atoms with Gasteiger partial charge < -0.3 is 10.1 Å². The van der Waals surface area contributed by atoms with Crippen molar-refractivity contribution in [2.45, 2.75) is 19.1 Å². The number of rotatable bonds is 2. The third kappa shape index (κ3) is 1.50. The van der Waals surface area contributed by atoms with Gasteiger partial charge in [-0.2, -0.15) is 0 Å². The lowest BCUT2D eigenvalue weighted by Crippen LogP contribution is -2.57. The molecule has 1 fully saturated rings.